The van der Waals surface area contributed by atoms with Crippen LogP contribution in [0.5, 0.6) is 17.2 Å². The van der Waals surface area contributed by atoms with Crippen molar-refractivity contribution >= 4 is 72.9 Å². The Hall–Kier alpha value is -3.33. The molecule has 5 heterocycles. The number of nitrogens with one attached hydrogen (secondary N) is 4. The van der Waals surface area contributed by atoms with Crippen molar-refractivity contribution in [2.45, 2.75) is 181 Å². The molecule has 25 nitrogen and oxygen atoms in total. The number of hydroxylamine groups is 1. The average molecular weight is 1390 g/mol. The maximum atomic E-state index is 14.5. The third-order valence-electron chi connectivity index (χ3n) is 15.9. The summed E-state index contributed by atoms with van der Waals surface area (Å²) in [5.74, 6) is 11.5. The van der Waals surface area contributed by atoms with Gasteiger partial charge in [0.2, 0.25) is 17.2 Å². The van der Waals surface area contributed by atoms with E-state index in [2.05, 4.69) is 45.1 Å². The van der Waals surface area contributed by atoms with Crippen LogP contribution in [0.3, 0.4) is 0 Å². The normalized spacial score (nSPS) is 36.5. The van der Waals surface area contributed by atoms with Gasteiger partial charge in [0.15, 0.2) is 41.8 Å². The number of hydrogen-bond acceptors (Lipinski definition) is 27. The summed E-state index contributed by atoms with van der Waals surface area (Å²) in [6, 6.07) is -1.27. The van der Waals surface area contributed by atoms with Crippen molar-refractivity contribution < 1.29 is 102 Å². The van der Waals surface area contributed by atoms with Crippen molar-refractivity contribution in [2.24, 2.45) is 0 Å². The molecule has 20 atom stereocenters. The number of thioether (sulfide) groups is 1. The Bertz CT molecular complexity index is 2820. The standard InChI is InChI=1S/C58H79IN4O21S3/c1-11-61-33-26-77-38(23-37(33)72-6)82-51-46(67)43(28(3)79-56(51)81-36-16-14-12-13-15-19-58(71)24-35(65)44(62-57(70)76-10)41(36)32(58)18-21-85-87-31-17-20-60-25-31)63-84-39-22-34(64)53(30(5)78-39)86-54(69)40-27(2)42(59)49(52(75-9)48(40)73-7)83-55-47(68)50(74-8)45(66)29(4)80-55/h12-13,18,28-31,33-34,36-39,43,45-47,50-51,53,55-56,60-61,63-64,66-68,71H,11,17,20-26H2,1-10H3,(H,62,70)/b13-12?,32-18+/t28-,29+,30-,31-,33+,34+,36+,37+,38+,39+,43-,45+,46+,47-,50-,51-,53-,55+,56+,58+/m1/s1. The molecule has 87 heavy (non-hydrogen) atoms. The van der Waals surface area contributed by atoms with Crippen molar-refractivity contribution in [2.75, 3.05) is 67.5 Å². The second kappa shape index (κ2) is 31.8. The first kappa shape index (κ1) is 69.6. The highest BCUT2D eigenvalue weighted by Crippen LogP contribution is 2.49. The number of methoxy groups -OCH3 is 5. The monoisotopic (exact) mass is 1390 g/mol. The molecule has 2 aliphatic carbocycles. The zero-order valence-corrected chi connectivity index (χ0v) is 54.5. The molecule has 7 aliphatic rings. The fraction of sp³-hybridized carbons (Fsp3) is 0.672. The third kappa shape index (κ3) is 16.1. The number of halogens is 1. The van der Waals surface area contributed by atoms with Crippen LogP contribution in [0.25, 0.3) is 0 Å². The van der Waals surface area contributed by atoms with Crippen molar-refractivity contribution in [1.29, 1.82) is 0 Å². The van der Waals surface area contributed by atoms with Gasteiger partial charge < -0.3 is 93.0 Å². The van der Waals surface area contributed by atoms with Gasteiger partial charge in [-0.3, -0.25) is 19.7 Å². The summed E-state index contributed by atoms with van der Waals surface area (Å²) in [5.41, 5.74) is 1.35. The van der Waals surface area contributed by atoms with Crippen LogP contribution in [-0.2, 0) is 52.3 Å². The Balaban J connectivity index is 1.02. The predicted molar refractivity (Wildman–Crippen MR) is 327 cm³/mol. The molecule has 1 amide bonds. The van der Waals surface area contributed by atoms with Crippen LogP contribution in [-0.4, -0.2) is 231 Å². The molecular formula is C58H79IN4O21S3. The molecule has 5 fully saturated rings. The van der Waals surface area contributed by atoms with Crippen LogP contribution in [0.15, 0.2) is 35.1 Å². The first-order valence-electron chi connectivity index (χ1n) is 28.6. The zero-order valence-electron chi connectivity index (χ0n) is 49.9. The highest BCUT2D eigenvalue weighted by atomic mass is 127. The van der Waals surface area contributed by atoms with Gasteiger partial charge in [-0.25, -0.2) is 4.79 Å². The maximum absolute atomic E-state index is 14.5. The summed E-state index contributed by atoms with van der Waals surface area (Å²) in [4.78, 5) is 47.8. The highest BCUT2D eigenvalue weighted by Gasteiger charge is 2.52. The maximum Gasteiger partial charge on any atom is 0.411 e. The van der Waals surface area contributed by atoms with E-state index in [4.69, 9.17) is 61.7 Å². The van der Waals surface area contributed by atoms with E-state index < -0.39 is 127 Å². The first-order chi connectivity index (χ1) is 41.7. The molecule has 8 rings (SSSR count). The van der Waals surface area contributed by atoms with E-state index in [1.54, 1.807) is 62.5 Å². The minimum absolute atomic E-state index is 0.00311. The van der Waals surface area contributed by atoms with Crippen LogP contribution >= 0.6 is 55.9 Å². The van der Waals surface area contributed by atoms with Gasteiger partial charge in [0, 0.05) is 55.8 Å². The van der Waals surface area contributed by atoms with Crippen LogP contribution in [0.1, 0.15) is 69.3 Å². The van der Waals surface area contributed by atoms with E-state index in [9.17, 15) is 39.9 Å². The summed E-state index contributed by atoms with van der Waals surface area (Å²) < 4.78 is 72.8. The average Bonchev–Trinajstić information content (AvgIpc) is 1.04. The van der Waals surface area contributed by atoms with Gasteiger partial charge in [-0.15, -0.1) is 0 Å². The van der Waals surface area contributed by atoms with Crippen LogP contribution in [0.4, 0.5) is 4.79 Å². The van der Waals surface area contributed by atoms with E-state index >= 15 is 0 Å². The van der Waals surface area contributed by atoms with Gasteiger partial charge in [0.1, 0.15) is 36.6 Å². The number of benzene rings is 1. The van der Waals surface area contributed by atoms with E-state index in [0.29, 0.717) is 26.7 Å². The van der Waals surface area contributed by atoms with Gasteiger partial charge in [-0.1, -0.05) is 70.0 Å². The lowest BCUT2D eigenvalue weighted by atomic mass is 9.75. The Morgan fingerprint density at radius 2 is 1.64 bits per heavy atom. The zero-order chi connectivity index (χ0) is 62.9. The Morgan fingerprint density at radius 3 is 2.32 bits per heavy atom. The van der Waals surface area contributed by atoms with Crippen molar-refractivity contribution in [3.63, 3.8) is 0 Å². The number of aliphatic hydroxyl groups excluding tert-OH is 4. The first-order valence-corrected chi connectivity index (χ1v) is 32.9. The lowest BCUT2D eigenvalue weighted by Crippen LogP contribution is -2.65. The molecule has 1 aromatic rings. The van der Waals surface area contributed by atoms with E-state index in [1.165, 1.54) is 33.5 Å². The molecule has 5 saturated heterocycles. The third-order valence-corrected chi connectivity index (χ3v) is 21.3. The SMILES string of the molecule is CCN[C@H]1CO[C@@H](O[C@H]2[C@H](O[C@H]3C#CC=CC#C[C@]4(O)CC(=O)C(NC(=O)OC)=C3/C4=C\CSS[C@@H]3CCNC3)O[C@H](C)[C@@H](NO[C@H]3C[C@H](O)[C@H](SC(=O)c4c(C)c(I)c(O[C@@H]5O[C@@H](C)[C@H](O)[C@@H](OC)[C@H]5O)c(OC)c4OC)[C@@H](C)O3)[C@@H]2O)C[C@@H]1OC. The summed E-state index contributed by atoms with van der Waals surface area (Å²) in [5, 5.41) is 66.7. The number of alkyl carbamates (subject to hydrolysis) is 1. The van der Waals surface area contributed by atoms with Crippen LogP contribution in [0, 0.1) is 34.2 Å². The lowest BCUT2D eigenvalue weighted by molar-refractivity contribution is -0.336. The minimum Gasteiger partial charge on any atom is -0.492 e. The lowest BCUT2D eigenvalue weighted by Gasteiger charge is -2.46. The number of fused-ring (bicyclic) bond motifs is 2. The van der Waals surface area contributed by atoms with Gasteiger partial charge in [0.25, 0.3) is 0 Å². The van der Waals surface area contributed by atoms with Gasteiger partial charge >= 0.3 is 6.09 Å². The number of Topliss-reactive ketones (excluding diaryl/α,β-unsaturated/α-hetero) is 1. The molecule has 0 radical (unpaired) electrons. The number of ether oxygens (including phenoxy) is 12. The number of amides is 1. The number of rotatable bonds is 22. The van der Waals surface area contributed by atoms with Gasteiger partial charge in [-0.05, 0) is 87.5 Å². The van der Waals surface area contributed by atoms with E-state index in [-0.39, 0.29) is 71.2 Å². The number of aliphatic hydroxyl groups is 5. The second-order valence-corrected chi connectivity index (χ2v) is 26.5. The van der Waals surface area contributed by atoms with Crippen molar-refractivity contribution in [3.05, 3.63) is 49.8 Å². The molecular weight excluding hydrogens is 1310 g/mol. The molecule has 482 valence electrons. The number of ketones is 1. The van der Waals surface area contributed by atoms with Crippen molar-refractivity contribution in [3.8, 4) is 40.9 Å². The smallest absolute Gasteiger partial charge is 0.411 e. The molecule has 5 aliphatic heterocycles. The van der Waals surface area contributed by atoms with Crippen molar-refractivity contribution in [1.82, 2.24) is 21.4 Å². The number of allylic oxidation sites excluding steroid dienone is 3. The summed E-state index contributed by atoms with van der Waals surface area (Å²) in [6.45, 7) is 11.2. The summed E-state index contributed by atoms with van der Waals surface area (Å²) >= 11 is 2.83. The molecule has 1 aromatic carbocycles. The van der Waals surface area contributed by atoms with Crippen LogP contribution in [0.2, 0.25) is 0 Å². The number of hydrogen-bond donors (Lipinski definition) is 9. The molecule has 2 bridgehead atoms. The van der Waals surface area contributed by atoms with Gasteiger partial charge in [-0.2, -0.15) is 5.48 Å². The molecule has 0 spiro atoms. The molecule has 0 saturated carbocycles. The molecule has 29 heteroatoms. The Morgan fingerprint density at radius 1 is 0.897 bits per heavy atom. The summed E-state index contributed by atoms with van der Waals surface area (Å²) in [7, 11) is 10.1. The Labute approximate surface area is 531 Å². The fourth-order valence-electron chi connectivity index (χ4n) is 11.3. The van der Waals surface area contributed by atoms with E-state index in [0.717, 1.165) is 38.4 Å². The molecule has 0 unspecified atom stereocenters. The quantitative estimate of drug-likeness (QED) is 0.0264. The second-order valence-electron chi connectivity index (χ2n) is 21.5. The molecule has 9 N–H and O–H groups in total. The topological polar surface area (TPSA) is 320 Å². The largest absolute Gasteiger partial charge is 0.492 e. The van der Waals surface area contributed by atoms with Gasteiger partial charge in [0.05, 0.1) is 97.0 Å². The number of carbonyl (C=O) groups is 3. The van der Waals surface area contributed by atoms with E-state index in [1.807, 2.05) is 29.5 Å². The fourth-order valence-corrected chi connectivity index (χ4v) is 15.5. The number of carbonyl (C=O) groups excluding carboxylic acids is 3. The molecule has 0 aromatic heterocycles. The van der Waals surface area contributed by atoms with Crippen LogP contribution < -0.4 is 35.6 Å². The minimum atomic E-state index is -2.06. The predicted octanol–water partition coefficient (Wildman–Crippen LogP) is 2.28. The highest BCUT2D eigenvalue weighted by molar-refractivity contribution is 14.1. The summed E-state index contributed by atoms with van der Waals surface area (Å²) in [6.07, 6.45) is -12.7. The Kier molecular flexibility index (Phi) is 25.4. The number of likely N-dealkylation sites (N-methyl/N-ethyl adjacent to an activating group) is 1.